The van der Waals surface area contributed by atoms with Gasteiger partial charge in [0.1, 0.15) is 5.54 Å². The second-order valence-electron chi connectivity index (χ2n) is 10.4. The van der Waals surface area contributed by atoms with E-state index < -0.39 is 17.7 Å². The van der Waals surface area contributed by atoms with Crippen LogP contribution in [0.3, 0.4) is 0 Å². The van der Waals surface area contributed by atoms with Crippen LogP contribution in [0.2, 0.25) is 0 Å². The number of benzene rings is 2. The lowest BCUT2D eigenvalue weighted by atomic mass is 9.97. The van der Waals surface area contributed by atoms with E-state index in [4.69, 9.17) is 0 Å². The van der Waals surface area contributed by atoms with Gasteiger partial charge in [-0.1, -0.05) is 42.5 Å². The molecule has 5 rings (SSSR count). The number of aromatic nitrogens is 1. The molecule has 0 bridgehead atoms. The number of carbonyl (C=O) groups is 3. The third-order valence-corrected chi connectivity index (χ3v) is 8.53. The largest absolute Gasteiger partial charge is 0.391 e. The summed E-state index contributed by atoms with van der Waals surface area (Å²) in [6.45, 7) is 5.87. The van der Waals surface area contributed by atoms with Gasteiger partial charge in [-0.2, -0.15) is 0 Å². The Balaban J connectivity index is 1.26. The minimum Gasteiger partial charge on any atom is -0.391 e. The molecule has 0 saturated carbocycles. The average molecular weight is 518 g/mol. The first kappa shape index (κ1) is 25.3. The van der Waals surface area contributed by atoms with Crippen LogP contribution in [0.15, 0.2) is 54.0 Å². The Bertz CT molecular complexity index is 1350. The van der Waals surface area contributed by atoms with Crippen molar-refractivity contribution in [2.75, 3.05) is 6.54 Å². The van der Waals surface area contributed by atoms with Crippen LogP contribution in [0.25, 0.3) is 10.4 Å². The quantitative estimate of drug-likeness (QED) is 0.511. The van der Waals surface area contributed by atoms with Crippen LogP contribution >= 0.6 is 11.3 Å². The molecular weight excluding hydrogens is 486 g/mol. The molecule has 0 unspecified atom stereocenters. The number of aryl methyl sites for hydroxylation is 2. The van der Waals surface area contributed by atoms with Crippen molar-refractivity contribution in [3.8, 4) is 10.4 Å². The smallest absolute Gasteiger partial charge is 0.255 e. The molecule has 8 heteroatoms. The lowest BCUT2D eigenvalue weighted by Crippen LogP contribution is -2.58. The zero-order valence-electron chi connectivity index (χ0n) is 21.3. The van der Waals surface area contributed by atoms with Gasteiger partial charge in [0.05, 0.1) is 28.2 Å². The maximum atomic E-state index is 13.7. The van der Waals surface area contributed by atoms with Crippen molar-refractivity contribution in [3.05, 3.63) is 76.4 Å². The molecule has 1 N–H and O–H groups in total. The van der Waals surface area contributed by atoms with E-state index in [1.807, 2.05) is 54.9 Å². The van der Waals surface area contributed by atoms with Gasteiger partial charge in [-0.3, -0.25) is 14.4 Å². The standard InChI is InChI=1S/C29H31N3O4S/c1-18-26(37-17-30-18)20-11-8-19(9-12-20)10-13-25(34)24-14-22(33)16-31(24)28(36)29(2,3)32-15-21-6-4-5-7-23(21)27(32)35/h4-9,11-12,17,22,24,33H,10,13-16H2,1-3H3/t22-,24+/m1/s1. The van der Waals surface area contributed by atoms with E-state index in [9.17, 15) is 19.5 Å². The number of carbonyl (C=O) groups excluding carboxylic acids is 3. The normalized spacial score (nSPS) is 19.4. The van der Waals surface area contributed by atoms with E-state index in [2.05, 4.69) is 4.98 Å². The molecule has 2 aliphatic heterocycles. The third kappa shape index (κ3) is 4.71. The van der Waals surface area contributed by atoms with Crippen LogP contribution in [0, 0.1) is 6.92 Å². The van der Waals surface area contributed by atoms with E-state index in [-0.39, 0.29) is 37.0 Å². The molecule has 3 aromatic rings. The maximum Gasteiger partial charge on any atom is 0.255 e. The number of β-amino-alcohol motifs (C(OH)–C–C–N with tert-alkyl or cyclic N) is 1. The number of amides is 2. The van der Waals surface area contributed by atoms with Crippen molar-refractivity contribution in [1.82, 2.24) is 14.8 Å². The number of fused-ring (bicyclic) bond motifs is 1. The first-order valence-corrected chi connectivity index (χ1v) is 13.5. The number of Topliss-reactive ketones (excluding diaryl/α,β-unsaturated/α-hetero) is 1. The first-order valence-electron chi connectivity index (χ1n) is 12.6. The van der Waals surface area contributed by atoms with Gasteiger partial charge in [0.15, 0.2) is 5.78 Å². The molecule has 3 heterocycles. The van der Waals surface area contributed by atoms with Gasteiger partial charge in [-0.25, -0.2) is 4.98 Å². The van der Waals surface area contributed by atoms with Gasteiger partial charge in [0.25, 0.3) is 5.91 Å². The van der Waals surface area contributed by atoms with Crippen LogP contribution < -0.4 is 0 Å². The van der Waals surface area contributed by atoms with E-state index >= 15 is 0 Å². The fourth-order valence-electron chi connectivity index (χ4n) is 5.35. The van der Waals surface area contributed by atoms with E-state index in [0.29, 0.717) is 18.5 Å². The molecule has 192 valence electrons. The summed E-state index contributed by atoms with van der Waals surface area (Å²) in [5, 5.41) is 10.4. The lowest BCUT2D eigenvalue weighted by Gasteiger charge is -2.38. The van der Waals surface area contributed by atoms with Crippen LogP contribution in [0.1, 0.15) is 53.9 Å². The van der Waals surface area contributed by atoms with Gasteiger partial charge >= 0.3 is 0 Å². The molecule has 0 radical (unpaired) electrons. The Morgan fingerprint density at radius 3 is 2.54 bits per heavy atom. The van der Waals surface area contributed by atoms with Gasteiger partial charge in [0, 0.05) is 31.5 Å². The molecule has 1 fully saturated rings. The Hall–Kier alpha value is -3.36. The summed E-state index contributed by atoms with van der Waals surface area (Å²) in [6, 6.07) is 14.8. The highest BCUT2D eigenvalue weighted by Crippen LogP contribution is 2.33. The number of thiazole rings is 1. The summed E-state index contributed by atoms with van der Waals surface area (Å²) in [5.74, 6) is -0.569. The van der Waals surface area contributed by atoms with Gasteiger partial charge in [-0.05, 0) is 49.9 Å². The molecule has 7 nitrogen and oxygen atoms in total. The predicted octanol–water partition coefficient (Wildman–Crippen LogP) is 4.02. The second kappa shape index (κ2) is 9.84. The van der Waals surface area contributed by atoms with Crippen molar-refractivity contribution in [3.63, 3.8) is 0 Å². The number of ketones is 1. The maximum absolute atomic E-state index is 13.7. The molecule has 2 aliphatic rings. The van der Waals surface area contributed by atoms with E-state index in [1.54, 1.807) is 36.2 Å². The number of hydrogen-bond acceptors (Lipinski definition) is 6. The van der Waals surface area contributed by atoms with Crippen molar-refractivity contribution in [1.29, 1.82) is 0 Å². The number of likely N-dealkylation sites (tertiary alicyclic amines) is 1. The number of nitrogens with zero attached hydrogens (tertiary/aromatic N) is 3. The Labute approximate surface area is 220 Å². The number of aliphatic hydroxyl groups is 1. The van der Waals surface area contributed by atoms with Crippen molar-refractivity contribution in [2.24, 2.45) is 0 Å². The Morgan fingerprint density at radius 2 is 1.86 bits per heavy atom. The van der Waals surface area contributed by atoms with Gasteiger partial charge in [0.2, 0.25) is 5.91 Å². The fourth-order valence-corrected chi connectivity index (χ4v) is 6.16. The molecule has 37 heavy (non-hydrogen) atoms. The zero-order chi connectivity index (χ0) is 26.3. The minimum atomic E-state index is -1.15. The van der Waals surface area contributed by atoms with Crippen molar-refractivity contribution < 1.29 is 19.5 Å². The van der Waals surface area contributed by atoms with Crippen molar-refractivity contribution >= 4 is 28.9 Å². The monoisotopic (exact) mass is 517 g/mol. The summed E-state index contributed by atoms with van der Waals surface area (Å²) in [4.78, 5) is 48.6. The molecule has 1 aromatic heterocycles. The average Bonchev–Trinajstić information content (AvgIpc) is 3.59. The highest BCUT2D eigenvalue weighted by Gasteiger charge is 2.48. The second-order valence-corrected chi connectivity index (χ2v) is 11.3. The third-order valence-electron chi connectivity index (χ3n) is 7.55. The molecule has 2 atom stereocenters. The molecule has 0 aliphatic carbocycles. The fraction of sp³-hybridized carbons (Fsp3) is 0.379. The first-order chi connectivity index (χ1) is 17.7. The number of hydrogen-bond donors (Lipinski definition) is 1. The predicted molar refractivity (Wildman–Crippen MR) is 142 cm³/mol. The molecule has 2 amide bonds. The summed E-state index contributed by atoms with van der Waals surface area (Å²) >= 11 is 1.60. The zero-order valence-corrected chi connectivity index (χ0v) is 22.1. The van der Waals surface area contributed by atoms with Crippen LogP contribution in [-0.4, -0.2) is 61.7 Å². The minimum absolute atomic E-state index is 0.0703. The summed E-state index contributed by atoms with van der Waals surface area (Å²) in [7, 11) is 0. The summed E-state index contributed by atoms with van der Waals surface area (Å²) in [6.07, 6.45) is 0.285. The van der Waals surface area contributed by atoms with Crippen LogP contribution in [0.5, 0.6) is 0 Å². The molecule has 1 saturated heterocycles. The van der Waals surface area contributed by atoms with Crippen molar-refractivity contribution in [2.45, 2.75) is 64.3 Å². The van der Waals surface area contributed by atoms with Crippen LogP contribution in [0.4, 0.5) is 0 Å². The lowest BCUT2D eigenvalue weighted by molar-refractivity contribution is -0.145. The summed E-state index contributed by atoms with van der Waals surface area (Å²) in [5.41, 5.74) is 5.32. The Kier molecular flexibility index (Phi) is 6.72. The SMILES string of the molecule is Cc1ncsc1-c1ccc(CCC(=O)[C@@H]2C[C@@H](O)CN2C(=O)C(C)(C)N2Cc3ccccc3C2=O)cc1. The highest BCUT2D eigenvalue weighted by molar-refractivity contribution is 7.13. The number of rotatable bonds is 7. The van der Waals surface area contributed by atoms with Gasteiger partial charge < -0.3 is 14.9 Å². The molecular formula is C29H31N3O4S. The van der Waals surface area contributed by atoms with Crippen LogP contribution in [-0.2, 0) is 22.6 Å². The number of aliphatic hydroxyl groups excluding tert-OH is 1. The van der Waals surface area contributed by atoms with E-state index in [0.717, 1.165) is 27.3 Å². The van der Waals surface area contributed by atoms with E-state index in [1.165, 1.54) is 4.90 Å². The molecule has 0 spiro atoms. The van der Waals surface area contributed by atoms with Gasteiger partial charge in [-0.15, -0.1) is 11.3 Å². The molecule has 2 aromatic carbocycles. The Morgan fingerprint density at radius 1 is 1.14 bits per heavy atom. The summed E-state index contributed by atoms with van der Waals surface area (Å²) < 4.78 is 0. The highest BCUT2D eigenvalue weighted by atomic mass is 32.1. The topological polar surface area (TPSA) is 90.8 Å².